The van der Waals surface area contributed by atoms with E-state index in [2.05, 4.69) is 229 Å². The van der Waals surface area contributed by atoms with E-state index in [1.54, 1.807) is 61.0 Å². The summed E-state index contributed by atoms with van der Waals surface area (Å²) in [5, 5.41) is 4.75. The van der Waals surface area contributed by atoms with Crippen molar-refractivity contribution in [1.29, 1.82) is 0 Å². The molecule has 0 saturated heterocycles. The van der Waals surface area contributed by atoms with Crippen molar-refractivity contribution in [3.63, 3.8) is 0 Å². The summed E-state index contributed by atoms with van der Waals surface area (Å²) in [6, 6.07) is 78.6. The summed E-state index contributed by atoms with van der Waals surface area (Å²) in [4.78, 5) is 73.4. The van der Waals surface area contributed by atoms with Gasteiger partial charge >= 0.3 is 0 Å². The molecule has 0 bridgehead atoms. The maximum absolute atomic E-state index is 13.5. The molecule has 122 heavy (non-hydrogen) atoms. The van der Waals surface area contributed by atoms with Crippen LogP contribution >= 0.6 is 11.6 Å². The average molecular weight is 1660 g/mol. The van der Waals surface area contributed by atoms with E-state index in [9.17, 15) is 37.5 Å². The van der Waals surface area contributed by atoms with Gasteiger partial charge in [0.25, 0.3) is 33.4 Å². The Labute approximate surface area is 722 Å². The third-order valence-electron chi connectivity index (χ3n) is 20.5. The van der Waals surface area contributed by atoms with Crippen LogP contribution in [-0.2, 0) is 45.8 Å². The first-order chi connectivity index (χ1) is 58.2. The van der Waals surface area contributed by atoms with Crippen LogP contribution in [0.15, 0.2) is 327 Å². The van der Waals surface area contributed by atoms with Crippen LogP contribution < -0.4 is 33.4 Å². The fourth-order valence-electron chi connectivity index (χ4n) is 12.7. The van der Waals surface area contributed by atoms with Crippen molar-refractivity contribution in [3.8, 4) is 0 Å². The minimum absolute atomic E-state index is 0.0421. The van der Waals surface area contributed by atoms with Crippen LogP contribution in [0.25, 0.3) is 0 Å². The van der Waals surface area contributed by atoms with E-state index in [1.165, 1.54) is 103 Å². The summed E-state index contributed by atoms with van der Waals surface area (Å²) in [6.45, 7) is 38.2. The lowest BCUT2D eigenvalue weighted by Crippen LogP contribution is -2.22. The van der Waals surface area contributed by atoms with E-state index < -0.39 is 11.8 Å². The fraction of sp³-hybridized carbons (Fsp3) is 0.288. The zero-order valence-electron chi connectivity index (χ0n) is 73.4. The number of hydrogen-bond donors (Lipinski definition) is 0. The standard InChI is InChI=1S/C16H19NO.C15H16ClNO.2C15H16FNO.C15H17NO.C14H16N2O.C14H18N2/c1-12(2)15-6-4-14(5-7-15)11-17-9-8-13(3)10-16(17)18;1-11(2)13-8-6-12(7-9-13)10-17-14(16)4-3-5-15(17)18;1-11(2)13-5-3-12(4-6-13)9-17-10-14(16)7-8-15(17)18;1-11(2)13-8-6-12(7-9-13)10-17-14(16)4-3-5-15(17)18;1-12(2)14-8-6-13(7-9-14)11-16-10-4-3-5-15(16)17;1-11(2)13-5-3-12(4-6-13)10-16-8-7-15-9-14(16)17;1-11(2)14-6-4-13(5-7-14)10-16-9-12(3)8-15-16/h4-10,12H,11H2,1-3H3;3-9,11H,10H2,1-2H3;3-8,10-11H,9H2,1-2H3;3-9,11H,10H2,1-2H3;3-10,12H,11H2,1-2H3;3-9,11H,10H2,1-2H3;4-9,11H,10H2,1-3H3. The van der Waals surface area contributed by atoms with Crippen LogP contribution in [0.4, 0.5) is 8.78 Å². The van der Waals surface area contributed by atoms with Gasteiger partial charge in [-0.05, 0) is 175 Å². The zero-order chi connectivity index (χ0) is 88.5. The SMILES string of the molecule is CC(C)c1ccc(Cn2c(Cl)cccc2=O)cc1.CC(C)c1ccc(Cn2c(F)cccc2=O)cc1.CC(C)c1ccc(Cn2cc(F)ccc2=O)cc1.CC(C)c1ccc(Cn2ccccc2=O)cc1.CC(C)c1ccc(Cn2ccncc2=O)cc1.Cc1ccn(Cc2ccc(C(C)C)cc2)c(=O)c1.Cc1cnn(Cc2ccc(C(C)C)cc2)c1. The first-order valence-electron chi connectivity index (χ1n) is 41.8. The van der Waals surface area contributed by atoms with Crippen LogP contribution in [0.3, 0.4) is 0 Å². The van der Waals surface area contributed by atoms with Crippen molar-refractivity contribution in [2.75, 3.05) is 0 Å². The molecule has 14 rings (SSSR count). The molecule has 0 amide bonds. The number of benzene rings is 7. The molecule has 14 aromatic rings. The third-order valence-corrected chi connectivity index (χ3v) is 20.8. The second-order valence-electron chi connectivity index (χ2n) is 32.7. The topological polar surface area (TPSA) is 163 Å². The summed E-state index contributed by atoms with van der Waals surface area (Å²) in [5.74, 6) is 2.79. The highest BCUT2D eigenvalue weighted by molar-refractivity contribution is 6.29. The fourth-order valence-corrected chi connectivity index (χ4v) is 12.9. The zero-order valence-corrected chi connectivity index (χ0v) is 74.1. The van der Waals surface area contributed by atoms with E-state index in [1.807, 2.05) is 103 Å². The summed E-state index contributed by atoms with van der Waals surface area (Å²) >= 11 is 6.02. The van der Waals surface area contributed by atoms with Crippen LogP contribution in [-0.4, -0.2) is 42.2 Å². The Bertz CT molecular complexity index is 5710. The van der Waals surface area contributed by atoms with Gasteiger partial charge in [0, 0.05) is 67.5 Å². The lowest BCUT2D eigenvalue weighted by Gasteiger charge is -2.10. The van der Waals surface area contributed by atoms with Gasteiger partial charge in [0.2, 0.25) is 0 Å². The lowest BCUT2D eigenvalue weighted by atomic mass is 10.0. The van der Waals surface area contributed by atoms with Gasteiger partial charge < -0.3 is 18.3 Å². The smallest absolute Gasteiger partial charge is 0.269 e. The summed E-state index contributed by atoms with van der Waals surface area (Å²) < 4.78 is 37.7. The Hall–Kier alpha value is -12.5. The first-order valence-corrected chi connectivity index (χ1v) is 42.1. The molecule has 0 aliphatic carbocycles. The second kappa shape index (κ2) is 47.5. The van der Waals surface area contributed by atoms with Gasteiger partial charge in [0.1, 0.15) is 11.0 Å². The van der Waals surface area contributed by atoms with Gasteiger partial charge in [-0.2, -0.15) is 9.49 Å². The van der Waals surface area contributed by atoms with Crippen molar-refractivity contribution in [2.45, 2.75) is 198 Å². The van der Waals surface area contributed by atoms with Gasteiger partial charge in [0.15, 0.2) is 5.95 Å². The van der Waals surface area contributed by atoms with Crippen molar-refractivity contribution in [1.82, 2.24) is 42.2 Å². The lowest BCUT2D eigenvalue weighted by molar-refractivity contribution is 0.495. The van der Waals surface area contributed by atoms with Crippen molar-refractivity contribution >= 4 is 11.6 Å². The van der Waals surface area contributed by atoms with E-state index >= 15 is 0 Å². The Kier molecular flexibility index (Phi) is 37.0. The Morgan fingerprint density at radius 2 is 0.639 bits per heavy atom. The van der Waals surface area contributed by atoms with Crippen LogP contribution in [0, 0.1) is 25.6 Å². The minimum atomic E-state index is -0.504. The summed E-state index contributed by atoms with van der Waals surface area (Å²) in [5.41, 5.74) is 18.5. The normalized spacial score (nSPS) is 10.9. The monoisotopic (exact) mass is 1660 g/mol. The number of rotatable bonds is 21. The van der Waals surface area contributed by atoms with E-state index in [0.29, 0.717) is 79.3 Å². The van der Waals surface area contributed by atoms with Crippen molar-refractivity contribution < 1.29 is 8.78 Å². The average Bonchev–Trinajstić information content (AvgIpc) is 0.990. The molecular weight excluding hydrogens is 1540 g/mol. The molecule has 7 aromatic heterocycles. The van der Waals surface area contributed by atoms with Gasteiger partial charge in [-0.15, -0.1) is 0 Å². The molecule has 0 unspecified atom stereocenters. The summed E-state index contributed by atoms with van der Waals surface area (Å²) in [6.07, 6.45) is 13.5. The molecule has 0 aliphatic rings. The predicted molar refractivity (Wildman–Crippen MR) is 496 cm³/mol. The van der Waals surface area contributed by atoms with Crippen molar-refractivity contribution in [2.24, 2.45) is 0 Å². The molecule has 0 fully saturated rings. The number of aryl methyl sites for hydroxylation is 2. The molecule has 15 nitrogen and oxygen atoms in total. The molecule has 0 radical (unpaired) electrons. The molecule has 0 spiro atoms. The second-order valence-corrected chi connectivity index (χ2v) is 33.1. The molecule has 18 heteroatoms. The van der Waals surface area contributed by atoms with Crippen molar-refractivity contribution in [3.05, 3.63) is 466 Å². The molecule has 0 aliphatic heterocycles. The molecular formula is C104H118ClF2N9O6. The molecule has 0 saturated carbocycles. The number of aromatic nitrogens is 9. The van der Waals surface area contributed by atoms with E-state index in [0.717, 1.165) is 50.1 Å². The maximum Gasteiger partial charge on any atom is 0.269 e. The van der Waals surface area contributed by atoms with E-state index in [4.69, 9.17) is 11.6 Å². The minimum Gasteiger partial charge on any atom is -0.311 e. The largest absolute Gasteiger partial charge is 0.311 e. The van der Waals surface area contributed by atoms with Gasteiger partial charge in [-0.25, -0.2) is 4.39 Å². The number of halogens is 3. The number of pyridine rings is 5. The number of nitrogens with zero attached hydrogens (tertiary/aromatic N) is 9. The highest BCUT2D eigenvalue weighted by Gasteiger charge is 2.11. The van der Waals surface area contributed by atoms with Gasteiger partial charge in [-0.1, -0.05) is 297 Å². The highest BCUT2D eigenvalue weighted by atomic mass is 35.5. The van der Waals surface area contributed by atoms with Crippen LogP contribution in [0.5, 0.6) is 0 Å². The van der Waals surface area contributed by atoms with Gasteiger partial charge in [-0.3, -0.25) is 47.6 Å². The molecule has 7 heterocycles. The predicted octanol–water partition coefficient (Wildman–Crippen LogP) is 22.1. The third kappa shape index (κ3) is 31.0. The number of hydrogen-bond acceptors (Lipinski definition) is 8. The maximum atomic E-state index is 13.5. The quantitative estimate of drug-likeness (QED) is 0.0642. The summed E-state index contributed by atoms with van der Waals surface area (Å²) in [7, 11) is 0. The highest BCUT2D eigenvalue weighted by Crippen LogP contribution is 2.22. The van der Waals surface area contributed by atoms with E-state index in [-0.39, 0.29) is 39.9 Å². The first kappa shape index (κ1) is 95.0. The van der Waals surface area contributed by atoms with Crippen LogP contribution in [0.1, 0.15) is 227 Å². The molecule has 0 N–H and O–H groups in total. The molecule has 0 atom stereocenters. The Balaban J connectivity index is 0.000000177. The molecule has 7 aromatic carbocycles. The van der Waals surface area contributed by atoms with Gasteiger partial charge in [0.05, 0.1) is 58.2 Å². The Morgan fingerprint density at radius 1 is 0.295 bits per heavy atom. The Morgan fingerprint density at radius 3 is 1.00 bits per heavy atom. The molecule has 636 valence electrons. The van der Waals surface area contributed by atoms with Crippen LogP contribution in [0.2, 0.25) is 5.15 Å².